The van der Waals surface area contributed by atoms with E-state index in [0.29, 0.717) is 29.7 Å². The van der Waals surface area contributed by atoms with Gasteiger partial charge in [-0.2, -0.15) is 13.2 Å². The number of alkyl halides is 3. The Morgan fingerprint density at radius 1 is 1.24 bits per heavy atom. The van der Waals surface area contributed by atoms with Crippen LogP contribution in [0.2, 0.25) is 0 Å². The van der Waals surface area contributed by atoms with Crippen molar-refractivity contribution in [2.75, 3.05) is 18.9 Å². The summed E-state index contributed by atoms with van der Waals surface area (Å²) in [5.41, 5.74) is 0.654. The maximum atomic E-state index is 13.4. The van der Waals surface area contributed by atoms with Crippen molar-refractivity contribution in [3.8, 4) is 11.4 Å². The number of ether oxygens (including phenoxy) is 1. The van der Waals surface area contributed by atoms with Crippen LogP contribution in [0.3, 0.4) is 0 Å². The van der Waals surface area contributed by atoms with Gasteiger partial charge < -0.3 is 9.64 Å². The molecule has 1 saturated heterocycles. The molecule has 2 fully saturated rings. The van der Waals surface area contributed by atoms with Crippen LogP contribution in [0.1, 0.15) is 32.6 Å². The van der Waals surface area contributed by atoms with Crippen molar-refractivity contribution >= 4 is 17.7 Å². The second-order valence-electron chi connectivity index (χ2n) is 8.56. The molecule has 33 heavy (non-hydrogen) atoms. The highest BCUT2D eigenvalue weighted by Crippen LogP contribution is 2.36. The van der Waals surface area contributed by atoms with Crippen LogP contribution in [0.5, 0.6) is 0 Å². The zero-order valence-corrected chi connectivity index (χ0v) is 19.0. The lowest BCUT2D eigenvalue weighted by molar-refractivity contribution is -0.164. The minimum Gasteiger partial charge on any atom is -0.376 e. The van der Waals surface area contributed by atoms with Gasteiger partial charge in [-0.05, 0) is 62.8 Å². The third-order valence-corrected chi connectivity index (χ3v) is 6.97. The summed E-state index contributed by atoms with van der Waals surface area (Å²) in [6.45, 7) is 1.53. The number of hydrogen-bond acceptors (Lipinski definition) is 5. The van der Waals surface area contributed by atoms with Gasteiger partial charge in [-0.25, -0.2) is 4.39 Å². The van der Waals surface area contributed by atoms with Gasteiger partial charge in [0.2, 0.25) is 5.91 Å². The van der Waals surface area contributed by atoms with Crippen LogP contribution < -0.4 is 0 Å². The van der Waals surface area contributed by atoms with Gasteiger partial charge in [0, 0.05) is 18.2 Å². The summed E-state index contributed by atoms with van der Waals surface area (Å²) in [5.74, 6) is -0.515. The molecule has 11 heteroatoms. The molecule has 1 saturated carbocycles. The highest BCUT2D eigenvalue weighted by molar-refractivity contribution is 7.99. The van der Waals surface area contributed by atoms with Gasteiger partial charge in [-0.15, -0.1) is 10.2 Å². The average molecular weight is 487 g/mol. The molecule has 6 nitrogen and oxygen atoms in total. The smallest absolute Gasteiger partial charge is 0.376 e. The molecule has 2 heterocycles. The van der Waals surface area contributed by atoms with Gasteiger partial charge in [0.15, 0.2) is 11.0 Å². The topological polar surface area (TPSA) is 60.2 Å². The number of aromatic nitrogens is 3. The lowest BCUT2D eigenvalue weighted by Gasteiger charge is -2.30. The summed E-state index contributed by atoms with van der Waals surface area (Å²) in [4.78, 5) is 13.8. The van der Waals surface area contributed by atoms with E-state index in [9.17, 15) is 22.4 Å². The van der Waals surface area contributed by atoms with Crippen LogP contribution in [-0.2, 0) is 16.1 Å². The molecule has 1 aromatic carbocycles. The van der Waals surface area contributed by atoms with E-state index in [0.717, 1.165) is 42.3 Å². The van der Waals surface area contributed by atoms with Gasteiger partial charge in [-0.3, -0.25) is 9.36 Å². The van der Waals surface area contributed by atoms with E-state index in [1.54, 1.807) is 23.6 Å². The predicted octanol–water partition coefficient (Wildman–Crippen LogP) is 4.54. The maximum absolute atomic E-state index is 13.4. The summed E-state index contributed by atoms with van der Waals surface area (Å²) in [7, 11) is 0. The molecular formula is C22H26F4N4O2S. The Labute approximate surface area is 193 Å². The Bertz CT molecular complexity index is 956. The van der Waals surface area contributed by atoms with Gasteiger partial charge >= 0.3 is 6.18 Å². The van der Waals surface area contributed by atoms with Crippen molar-refractivity contribution in [2.24, 2.45) is 5.92 Å². The summed E-state index contributed by atoms with van der Waals surface area (Å²) in [5, 5.41) is 8.83. The number of carbonyl (C=O) groups is 1. The lowest BCUT2D eigenvalue weighted by Crippen LogP contribution is -2.46. The highest BCUT2D eigenvalue weighted by Gasteiger charge is 2.40. The normalized spacial score (nSPS) is 19.6. The Morgan fingerprint density at radius 3 is 2.58 bits per heavy atom. The third kappa shape index (κ3) is 6.26. The maximum Gasteiger partial charge on any atom is 0.406 e. The molecule has 0 N–H and O–H groups in total. The lowest BCUT2D eigenvalue weighted by atomic mass is 10.2. The molecule has 2 atom stereocenters. The molecule has 1 amide bonds. The number of thioether (sulfide) groups is 1. The summed E-state index contributed by atoms with van der Waals surface area (Å²) >= 11 is 1.06. The first-order valence-corrected chi connectivity index (χ1v) is 12.0. The Morgan fingerprint density at radius 2 is 1.97 bits per heavy atom. The van der Waals surface area contributed by atoms with E-state index in [1.165, 1.54) is 12.1 Å². The first-order valence-electron chi connectivity index (χ1n) is 11.0. The number of nitrogens with zero attached hydrogens (tertiary/aromatic N) is 4. The Kier molecular flexibility index (Phi) is 7.28. The molecule has 1 aliphatic heterocycles. The second-order valence-corrected chi connectivity index (χ2v) is 9.50. The summed E-state index contributed by atoms with van der Waals surface area (Å²) in [6, 6.07) is 5.37. The fourth-order valence-electron chi connectivity index (χ4n) is 4.06. The van der Waals surface area contributed by atoms with Crippen LogP contribution in [-0.4, -0.2) is 62.8 Å². The fraction of sp³-hybridized carbons (Fsp3) is 0.591. The molecule has 0 bridgehead atoms. The molecule has 2 aliphatic rings. The number of hydrogen-bond donors (Lipinski definition) is 0. The molecule has 0 radical (unpaired) electrons. The molecule has 2 aromatic rings. The van der Waals surface area contributed by atoms with E-state index < -0.39 is 24.7 Å². The standard InChI is InChI=1S/C22H26F4N4O2S/c1-14(15-4-5-15)30(13-22(24,25)26)19(31)12-33-21-28-27-20(16-6-8-17(23)9-7-16)29(21)11-18-3-2-10-32-18/h6-9,14-15,18H,2-5,10-13H2,1H3. The molecule has 4 rings (SSSR count). The van der Waals surface area contributed by atoms with Gasteiger partial charge in [-0.1, -0.05) is 11.8 Å². The number of amides is 1. The molecular weight excluding hydrogens is 460 g/mol. The van der Waals surface area contributed by atoms with Gasteiger partial charge in [0.25, 0.3) is 0 Å². The van der Waals surface area contributed by atoms with Gasteiger partial charge in [0.05, 0.1) is 18.4 Å². The predicted molar refractivity (Wildman–Crippen MR) is 115 cm³/mol. The van der Waals surface area contributed by atoms with E-state index in [-0.39, 0.29) is 23.6 Å². The van der Waals surface area contributed by atoms with E-state index in [4.69, 9.17) is 4.74 Å². The van der Waals surface area contributed by atoms with Crippen LogP contribution in [0, 0.1) is 11.7 Å². The monoisotopic (exact) mass is 486 g/mol. The first kappa shape index (κ1) is 24.0. The molecule has 180 valence electrons. The quantitative estimate of drug-likeness (QED) is 0.385. The van der Waals surface area contributed by atoms with Crippen LogP contribution in [0.25, 0.3) is 11.4 Å². The zero-order chi connectivity index (χ0) is 23.6. The highest BCUT2D eigenvalue weighted by atomic mass is 32.2. The number of rotatable bonds is 9. The minimum absolute atomic E-state index is 0.0492. The molecule has 1 aromatic heterocycles. The Balaban J connectivity index is 1.52. The summed E-state index contributed by atoms with van der Waals surface area (Å²) < 4.78 is 60.3. The number of halogens is 4. The summed E-state index contributed by atoms with van der Waals surface area (Å²) in [6.07, 6.45) is -1.03. The first-order chi connectivity index (χ1) is 15.7. The van der Waals surface area contributed by atoms with Crippen LogP contribution in [0.4, 0.5) is 17.6 Å². The Hall–Kier alpha value is -2.14. The van der Waals surface area contributed by atoms with Crippen LogP contribution in [0.15, 0.2) is 29.4 Å². The third-order valence-electron chi connectivity index (χ3n) is 6.02. The van der Waals surface area contributed by atoms with Gasteiger partial charge in [0.1, 0.15) is 12.4 Å². The van der Waals surface area contributed by atoms with Crippen molar-refractivity contribution in [2.45, 2.75) is 62.6 Å². The van der Waals surface area contributed by atoms with Crippen molar-refractivity contribution < 1.29 is 27.1 Å². The fourth-order valence-corrected chi connectivity index (χ4v) is 4.89. The number of carbonyl (C=O) groups excluding carboxylic acids is 1. The van der Waals surface area contributed by atoms with Crippen molar-refractivity contribution in [1.82, 2.24) is 19.7 Å². The number of benzene rings is 1. The van der Waals surface area contributed by atoms with E-state index in [2.05, 4.69) is 10.2 Å². The van der Waals surface area contributed by atoms with E-state index in [1.807, 2.05) is 0 Å². The minimum atomic E-state index is -4.46. The van der Waals surface area contributed by atoms with Crippen molar-refractivity contribution in [1.29, 1.82) is 0 Å². The molecule has 2 unspecified atom stereocenters. The molecule has 1 aliphatic carbocycles. The largest absolute Gasteiger partial charge is 0.406 e. The second kappa shape index (κ2) is 10.0. The SMILES string of the molecule is CC(C1CC1)N(CC(F)(F)F)C(=O)CSc1nnc(-c2ccc(F)cc2)n1CC1CCCO1. The zero-order valence-electron chi connectivity index (χ0n) is 18.2. The molecule has 0 spiro atoms. The average Bonchev–Trinajstić information content (AvgIpc) is 3.35. The van der Waals surface area contributed by atoms with Crippen molar-refractivity contribution in [3.05, 3.63) is 30.1 Å². The van der Waals surface area contributed by atoms with Crippen molar-refractivity contribution in [3.63, 3.8) is 0 Å². The van der Waals surface area contributed by atoms with E-state index >= 15 is 0 Å². The van der Waals surface area contributed by atoms with Crippen LogP contribution >= 0.6 is 11.8 Å².